The number of hydrogen-bond donors (Lipinski definition) is 1. The Balaban J connectivity index is 1.86. The average Bonchev–Trinajstić information content (AvgIpc) is 2.50. The minimum absolute atomic E-state index is 0.506. The Morgan fingerprint density at radius 3 is 3.00 bits per heavy atom. The molecule has 0 aliphatic carbocycles. The van der Waals surface area contributed by atoms with E-state index in [-0.39, 0.29) is 0 Å². The third-order valence-corrected chi connectivity index (χ3v) is 2.12. The van der Waals surface area contributed by atoms with Crippen molar-refractivity contribution in [2.24, 2.45) is 0 Å². The summed E-state index contributed by atoms with van der Waals surface area (Å²) < 4.78 is 5.64. The molecule has 0 aromatic carbocycles. The minimum atomic E-state index is 0.506. The van der Waals surface area contributed by atoms with E-state index >= 15 is 0 Å². The first-order valence-electron chi connectivity index (χ1n) is 4.76. The lowest BCUT2D eigenvalue weighted by molar-refractivity contribution is 0.0644. The Labute approximate surface area is 69.3 Å². The Bertz CT molecular complexity index is 89.6. The van der Waals surface area contributed by atoms with Crippen molar-refractivity contribution in [3.8, 4) is 0 Å². The summed E-state index contributed by atoms with van der Waals surface area (Å²) in [6, 6.07) is 0. The standard InChI is InChI=1S/C9H19NO/c1-2-3-4-7-11-9-5-6-10-8-9/h9-10H,2-8H2,1H3. The molecule has 1 fully saturated rings. The van der Waals surface area contributed by atoms with E-state index in [1.54, 1.807) is 0 Å². The van der Waals surface area contributed by atoms with Crippen LogP contribution in [0.3, 0.4) is 0 Å². The number of hydrogen-bond acceptors (Lipinski definition) is 2. The maximum Gasteiger partial charge on any atom is 0.0711 e. The van der Waals surface area contributed by atoms with Crippen molar-refractivity contribution in [2.75, 3.05) is 19.7 Å². The first-order chi connectivity index (χ1) is 5.43. The third-order valence-electron chi connectivity index (χ3n) is 2.12. The van der Waals surface area contributed by atoms with Gasteiger partial charge in [-0.1, -0.05) is 19.8 Å². The van der Waals surface area contributed by atoms with Gasteiger partial charge in [-0.15, -0.1) is 0 Å². The molecule has 1 rings (SSSR count). The fourth-order valence-electron chi connectivity index (χ4n) is 1.37. The molecule has 11 heavy (non-hydrogen) atoms. The van der Waals surface area contributed by atoms with Crippen LogP contribution in [0, 0.1) is 0 Å². The molecule has 0 amide bonds. The van der Waals surface area contributed by atoms with Gasteiger partial charge in [-0.05, 0) is 19.4 Å². The summed E-state index contributed by atoms with van der Waals surface area (Å²) in [5, 5.41) is 3.29. The molecule has 0 radical (unpaired) electrons. The minimum Gasteiger partial charge on any atom is -0.377 e. The van der Waals surface area contributed by atoms with Gasteiger partial charge < -0.3 is 10.1 Å². The van der Waals surface area contributed by atoms with Crippen LogP contribution in [0.5, 0.6) is 0 Å². The van der Waals surface area contributed by atoms with E-state index in [1.807, 2.05) is 0 Å². The van der Waals surface area contributed by atoms with Gasteiger partial charge in [0, 0.05) is 13.2 Å². The van der Waals surface area contributed by atoms with Crippen LogP contribution in [0.1, 0.15) is 32.6 Å². The van der Waals surface area contributed by atoms with E-state index in [9.17, 15) is 0 Å². The highest BCUT2D eigenvalue weighted by molar-refractivity contribution is 4.70. The zero-order valence-electron chi connectivity index (χ0n) is 7.44. The van der Waals surface area contributed by atoms with Gasteiger partial charge in [-0.25, -0.2) is 0 Å². The van der Waals surface area contributed by atoms with Gasteiger partial charge in [0.25, 0.3) is 0 Å². The van der Waals surface area contributed by atoms with Gasteiger partial charge >= 0.3 is 0 Å². The van der Waals surface area contributed by atoms with Crippen LogP contribution in [-0.4, -0.2) is 25.8 Å². The lowest BCUT2D eigenvalue weighted by atomic mass is 10.2. The van der Waals surface area contributed by atoms with Crippen molar-refractivity contribution >= 4 is 0 Å². The fraction of sp³-hybridized carbons (Fsp3) is 1.00. The van der Waals surface area contributed by atoms with Crippen LogP contribution in [0.4, 0.5) is 0 Å². The fourth-order valence-corrected chi connectivity index (χ4v) is 1.37. The zero-order chi connectivity index (χ0) is 7.94. The summed E-state index contributed by atoms with van der Waals surface area (Å²) in [5.74, 6) is 0. The zero-order valence-corrected chi connectivity index (χ0v) is 7.44. The van der Waals surface area contributed by atoms with Crippen molar-refractivity contribution in [3.63, 3.8) is 0 Å². The number of rotatable bonds is 5. The number of unbranched alkanes of at least 4 members (excludes halogenated alkanes) is 2. The SMILES string of the molecule is CCCCCOC1CCNC1. The Hall–Kier alpha value is -0.0800. The molecule has 1 aliphatic rings. The molecule has 1 N–H and O–H groups in total. The smallest absolute Gasteiger partial charge is 0.0711 e. The van der Waals surface area contributed by atoms with Crippen molar-refractivity contribution in [1.29, 1.82) is 0 Å². The summed E-state index contributed by atoms with van der Waals surface area (Å²) in [6.07, 6.45) is 5.53. The van der Waals surface area contributed by atoms with Gasteiger partial charge in [0.05, 0.1) is 6.10 Å². The lowest BCUT2D eigenvalue weighted by Crippen LogP contribution is -2.17. The molecule has 2 heteroatoms. The largest absolute Gasteiger partial charge is 0.377 e. The summed E-state index contributed by atoms with van der Waals surface area (Å²) in [4.78, 5) is 0. The number of ether oxygens (including phenoxy) is 1. The predicted octanol–water partition coefficient (Wildman–Crippen LogP) is 1.56. The van der Waals surface area contributed by atoms with Crippen molar-refractivity contribution in [1.82, 2.24) is 5.32 Å². The summed E-state index contributed by atoms with van der Waals surface area (Å²) >= 11 is 0. The molecule has 1 heterocycles. The van der Waals surface area contributed by atoms with Gasteiger partial charge in [0.2, 0.25) is 0 Å². The Morgan fingerprint density at radius 1 is 1.45 bits per heavy atom. The summed E-state index contributed by atoms with van der Waals surface area (Å²) in [7, 11) is 0. The van der Waals surface area contributed by atoms with Crippen molar-refractivity contribution in [2.45, 2.75) is 38.7 Å². The van der Waals surface area contributed by atoms with E-state index in [4.69, 9.17) is 4.74 Å². The molecule has 1 atom stereocenters. The lowest BCUT2D eigenvalue weighted by Gasteiger charge is -2.09. The van der Waals surface area contributed by atoms with E-state index in [1.165, 1.54) is 25.7 Å². The molecule has 0 spiro atoms. The Morgan fingerprint density at radius 2 is 2.36 bits per heavy atom. The molecule has 1 unspecified atom stereocenters. The second kappa shape index (κ2) is 5.56. The monoisotopic (exact) mass is 157 g/mol. The van der Waals surface area contributed by atoms with Crippen LogP contribution in [0.15, 0.2) is 0 Å². The van der Waals surface area contributed by atoms with Gasteiger partial charge in [-0.2, -0.15) is 0 Å². The molecule has 2 nitrogen and oxygen atoms in total. The topological polar surface area (TPSA) is 21.3 Å². The highest BCUT2D eigenvalue weighted by Gasteiger charge is 2.13. The molecular formula is C9H19NO. The second-order valence-electron chi connectivity index (χ2n) is 3.19. The van der Waals surface area contributed by atoms with Crippen LogP contribution >= 0.6 is 0 Å². The highest BCUT2D eigenvalue weighted by atomic mass is 16.5. The molecular weight excluding hydrogens is 138 g/mol. The highest BCUT2D eigenvalue weighted by Crippen LogP contribution is 2.04. The van der Waals surface area contributed by atoms with Crippen molar-refractivity contribution < 1.29 is 4.74 Å². The quantitative estimate of drug-likeness (QED) is 0.611. The van der Waals surface area contributed by atoms with Crippen molar-refractivity contribution in [3.05, 3.63) is 0 Å². The second-order valence-corrected chi connectivity index (χ2v) is 3.19. The number of nitrogens with one attached hydrogen (secondary N) is 1. The predicted molar refractivity (Wildman–Crippen MR) is 46.8 cm³/mol. The van der Waals surface area contributed by atoms with Crippen LogP contribution < -0.4 is 5.32 Å². The molecule has 0 aromatic rings. The first-order valence-corrected chi connectivity index (χ1v) is 4.76. The summed E-state index contributed by atoms with van der Waals surface area (Å²) in [5.41, 5.74) is 0. The molecule has 0 bridgehead atoms. The molecule has 1 saturated heterocycles. The normalized spacial score (nSPS) is 24.3. The molecule has 0 saturated carbocycles. The summed E-state index contributed by atoms with van der Waals surface area (Å²) in [6.45, 7) is 5.38. The molecule has 66 valence electrons. The van der Waals surface area contributed by atoms with Crippen LogP contribution in [-0.2, 0) is 4.74 Å². The van der Waals surface area contributed by atoms with Gasteiger partial charge in [0.1, 0.15) is 0 Å². The maximum atomic E-state index is 5.64. The van der Waals surface area contributed by atoms with E-state index in [0.29, 0.717) is 6.10 Å². The Kier molecular flexibility index (Phi) is 4.55. The van der Waals surface area contributed by atoms with E-state index in [0.717, 1.165) is 19.7 Å². The maximum absolute atomic E-state index is 5.64. The average molecular weight is 157 g/mol. The van der Waals surface area contributed by atoms with Crippen LogP contribution in [0.25, 0.3) is 0 Å². The van der Waals surface area contributed by atoms with Crippen LogP contribution in [0.2, 0.25) is 0 Å². The third kappa shape index (κ3) is 3.73. The first kappa shape index (κ1) is 9.01. The van der Waals surface area contributed by atoms with E-state index < -0.39 is 0 Å². The van der Waals surface area contributed by atoms with Gasteiger partial charge in [0.15, 0.2) is 0 Å². The van der Waals surface area contributed by atoms with Gasteiger partial charge in [-0.3, -0.25) is 0 Å². The van der Waals surface area contributed by atoms with E-state index in [2.05, 4.69) is 12.2 Å². The molecule has 1 aliphatic heterocycles. The molecule has 0 aromatic heterocycles.